The molecule has 0 aliphatic carbocycles. The molecule has 1 N–H and O–H groups in total. The molecule has 0 spiro atoms. The van der Waals surface area contributed by atoms with Crippen LogP contribution >= 0.6 is 0 Å². The number of hydrogen-bond donors (Lipinski definition) is 1. The highest BCUT2D eigenvalue weighted by Gasteiger charge is 2.04. The summed E-state index contributed by atoms with van der Waals surface area (Å²) in [6, 6.07) is 12.1. The van der Waals surface area contributed by atoms with Crippen LogP contribution in [0, 0.1) is 43.7 Å². The smallest absolute Gasteiger partial charge is 0.128 e. The molecule has 0 saturated heterocycles. The predicted octanol–water partition coefficient (Wildman–Crippen LogP) is 9.97. The number of rotatable bonds is 9. The summed E-state index contributed by atoms with van der Waals surface area (Å²) in [5, 5.41) is 11.6. The summed E-state index contributed by atoms with van der Waals surface area (Å²) in [6.45, 7) is 17.5. The first kappa shape index (κ1) is 34.0. The van der Waals surface area contributed by atoms with E-state index in [-0.39, 0.29) is 11.6 Å². The van der Waals surface area contributed by atoms with Crippen LogP contribution in [0.15, 0.2) is 73.6 Å². The third kappa shape index (κ3) is 11.0. The number of allylic oxidation sites excluding steroid dienone is 4. The maximum absolute atomic E-state index is 13.8. The first-order valence-corrected chi connectivity index (χ1v) is 13.8. The van der Waals surface area contributed by atoms with Crippen LogP contribution in [0.25, 0.3) is 5.57 Å². The zero-order valence-corrected chi connectivity index (χ0v) is 25.0. The quantitative estimate of drug-likeness (QED) is 0.273. The van der Waals surface area contributed by atoms with Crippen molar-refractivity contribution in [2.24, 2.45) is 0 Å². The van der Waals surface area contributed by atoms with Crippen LogP contribution < -0.4 is 5.32 Å². The Bertz CT molecular complexity index is 1350. The Morgan fingerprint density at radius 1 is 1.00 bits per heavy atom. The SMILES string of the molecule is C=CNc1cc(F)c(C)cc1C.CC.CCCc1ncc(/C(C)=C/C=C\CCc2ccc(C#N)cc2F)cc1C. The van der Waals surface area contributed by atoms with Crippen LogP contribution in [0.4, 0.5) is 14.5 Å². The average Bonchev–Trinajstić information content (AvgIpc) is 2.95. The maximum Gasteiger partial charge on any atom is 0.128 e. The Labute approximate surface area is 240 Å². The molecule has 212 valence electrons. The van der Waals surface area contributed by atoms with Crippen LogP contribution in [0.5, 0.6) is 0 Å². The minimum Gasteiger partial charge on any atom is -0.362 e. The average molecular weight is 544 g/mol. The highest BCUT2D eigenvalue weighted by Crippen LogP contribution is 2.19. The van der Waals surface area contributed by atoms with E-state index in [0.29, 0.717) is 23.1 Å². The highest BCUT2D eigenvalue weighted by atomic mass is 19.1. The van der Waals surface area contributed by atoms with Gasteiger partial charge in [-0.1, -0.05) is 64.1 Å². The van der Waals surface area contributed by atoms with Gasteiger partial charge in [0.1, 0.15) is 11.6 Å². The van der Waals surface area contributed by atoms with Crippen LogP contribution in [-0.2, 0) is 12.8 Å². The standard InChI is InChI=1S/C23H25FN2.C10H12FN.C2H6/c1-4-8-23-18(3)13-21(16-26-23)17(2)9-6-5-7-10-20-12-11-19(15-25)14-22(20)24;1-4-12-10-6-9(11)7(2)5-8(10)3;1-2/h5-6,9,11-14,16H,4,7-8,10H2,1-3H3;4-6,12H,1H2,2-3H3;1-2H3/b6-5-,17-9+;;. The molecular weight excluding hydrogens is 500 g/mol. The lowest BCUT2D eigenvalue weighted by Crippen LogP contribution is -1.95. The molecule has 0 amide bonds. The molecule has 3 rings (SSSR count). The summed E-state index contributed by atoms with van der Waals surface area (Å²) in [7, 11) is 0. The molecule has 0 bridgehead atoms. The topological polar surface area (TPSA) is 48.7 Å². The third-order valence-electron chi connectivity index (χ3n) is 6.14. The molecule has 5 heteroatoms. The van der Waals surface area contributed by atoms with Crippen molar-refractivity contribution in [3.8, 4) is 6.07 Å². The maximum atomic E-state index is 13.8. The van der Waals surface area contributed by atoms with Crippen molar-refractivity contribution in [1.82, 2.24) is 4.98 Å². The van der Waals surface area contributed by atoms with Gasteiger partial charge in [-0.25, -0.2) is 8.78 Å². The van der Waals surface area contributed by atoms with Crippen molar-refractivity contribution in [2.75, 3.05) is 5.32 Å². The van der Waals surface area contributed by atoms with Crippen LogP contribution in [0.2, 0.25) is 0 Å². The van der Waals surface area contributed by atoms with Crippen molar-refractivity contribution in [2.45, 2.75) is 74.1 Å². The normalized spacial score (nSPS) is 10.7. The zero-order chi connectivity index (χ0) is 30.1. The molecular formula is C35H43F2N3. The minimum atomic E-state index is -0.308. The van der Waals surface area contributed by atoms with Gasteiger partial charge in [0.25, 0.3) is 0 Å². The molecule has 0 unspecified atom stereocenters. The molecule has 0 radical (unpaired) electrons. The van der Waals surface area contributed by atoms with E-state index in [1.54, 1.807) is 25.1 Å². The lowest BCUT2D eigenvalue weighted by atomic mass is 10.0. The van der Waals surface area contributed by atoms with Gasteiger partial charge in [-0.15, -0.1) is 0 Å². The molecule has 0 aliphatic heterocycles. The molecule has 0 atom stereocenters. The third-order valence-corrected chi connectivity index (χ3v) is 6.14. The lowest BCUT2D eigenvalue weighted by Gasteiger charge is -2.07. The largest absolute Gasteiger partial charge is 0.362 e. The van der Waals surface area contributed by atoms with Gasteiger partial charge >= 0.3 is 0 Å². The molecule has 1 aromatic heterocycles. The van der Waals surface area contributed by atoms with Gasteiger partial charge in [0.15, 0.2) is 0 Å². The molecule has 3 nitrogen and oxygen atoms in total. The van der Waals surface area contributed by atoms with Gasteiger partial charge in [0, 0.05) is 17.6 Å². The number of aromatic nitrogens is 1. The Kier molecular flexibility index (Phi) is 15.5. The van der Waals surface area contributed by atoms with Crippen molar-refractivity contribution in [3.05, 3.63) is 124 Å². The fourth-order valence-electron chi connectivity index (χ4n) is 3.87. The zero-order valence-electron chi connectivity index (χ0n) is 25.0. The van der Waals surface area contributed by atoms with E-state index in [9.17, 15) is 8.78 Å². The second kappa shape index (κ2) is 18.3. The summed E-state index contributed by atoms with van der Waals surface area (Å²) in [5.74, 6) is -0.497. The number of nitrogens with one attached hydrogen (secondary N) is 1. The van der Waals surface area contributed by atoms with Gasteiger partial charge in [-0.05, 0) is 111 Å². The fraction of sp³-hybridized carbons (Fsp3) is 0.314. The first-order chi connectivity index (χ1) is 19.2. The number of hydrogen-bond acceptors (Lipinski definition) is 3. The van der Waals surface area contributed by atoms with Gasteiger partial charge in [-0.3, -0.25) is 4.98 Å². The lowest BCUT2D eigenvalue weighted by molar-refractivity contribution is 0.609. The molecule has 40 heavy (non-hydrogen) atoms. The minimum absolute atomic E-state index is 0.190. The summed E-state index contributed by atoms with van der Waals surface area (Å²) in [4.78, 5) is 4.57. The number of aryl methyl sites for hydroxylation is 5. The Balaban J connectivity index is 0.000000477. The number of nitrogens with zero attached hydrogens (tertiary/aromatic N) is 2. The Morgan fingerprint density at radius 2 is 1.73 bits per heavy atom. The van der Waals surface area contributed by atoms with Crippen LogP contribution in [0.3, 0.4) is 0 Å². The van der Waals surface area contributed by atoms with Crippen molar-refractivity contribution in [1.29, 1.82) is 5.26 Å². The van der Waals surface area contributed by atoms with E-state index in [2.05, 4.69) is 49.8 Å². The Morgan fingerprint density at radius 3 is 2.33 bits per heavy atom. The van der Waals surface area contributed by atoms with Gasteiger partial charge in [-0.2, -0.15) is 5.26 Å². The molecule has 0 fully saturated rings. The molecule has 0 aliphatic rings. The number of halogens is 2. The molecule has 2 aromatic carbocycles. The van der Waals surface area contributed by atoms with E-state index >= 15 is 0 Å². The van der Waals surface area contributed by atoms with E-state index < -0.39 is 0 Å². The van der Waals surface area contributed by atoms with Gasteiger partial charge in [0.2, 0.25) is 0 Å². The number of pyridine rings is 1. The highest BCUT2D eigenvalue weighted by molar-refractivity contribution is 5.65. The number of benzene rings is 2. The van der Waals surface area contributed by atoms with E-state index in [0.717, 1.165) is 41.6 Å². The van der Waals surface area contributed by atoms with Crippen molar-refractivity contribution >= 4 is 11.3 Å². The van der Waals surface area contributed by atoms with Crippen molar-refractivity contribution < 1.29 is 8.78 Å². The molecule has 0 saturated carbocycles. The van der Waals surface area contributed by atoms with Gasteiger partial charge in [0.05, 0.1) is 11.6 Å². The number of anilines is 1. The van der Waals surface area contributed by atoms with Crippen LogP contribution in [0.1, 0.15) is 79.6 Å². The summed E-state index contributed by atoms with van der Waals surface area (Å²) < 4.78 is 26.8. The van der Waals surface area contributed by atoms with E-state index in [1.807, 2.05) is 45.2 Å². The second-order valence-electron chi connectivity index (χ2n) is 9.24. The van der Waals surface area contributed by atoms with E-state index in [1.165, 1.54) is 29.6 Å². The summed E-state index contributed by atoms with van der Waals surface area (Å²) in [5.41, 5.74) is 8.15. The Hall–Kier alpha value is -4.04. The monoisotopic (exact) mass is 543 g/mol. The van der Waals surface area contributed by atoms with Crippen molar-refractivity contribution in [3.63, 3.8) is 0 Å². The second-order valence-corrected chi connectivity index (χ2v) is 9.24. The first-order valence-electron chi connectivity index (χ1n) is 13.8. The molecule has 1 heterocycles. The predicted molar refractivity (Wildman–Crippen MR) is 166 cm³/mol. The summed E-state index contributed by atoms with van der Waals surface area (Å²) in [6.07, 6.45) is 13.1. The van der Waals surface area contributed by atoms with Gasteiger partial charge < -0.3 is 5.32 Å². The van der Waals surface area contributed by atoms with E-state index in [4.69, 9.17) is 5.26 Å². The molecule has 3 aromatic rings. The number of nitriles is 1. The summed E-state index contributed by atoms with van der Waals surface area (Å²) >= 11 is 0. The van der Waals surface area contributed by atoms with Crippen LogP contribution in [-0.4, -0.2) is 4.98 Å². The fourth-order valence-corrected chi connectivity index (χ4v) is 3.87.